The van der Waals surface area contributed by atoms with Crippen molar-refractivity contribution in [1.82, 2.24) is 0 Å². The number of ether oxygens (including phenoxy) is 2. The van der Waals surface area contributed by atoms with Crippen LogP contribution in [0.2, 0.25) is 0 Å². The highest BCUT2D eigenvalue weighted by Gasteiger charge is 2.07. The van der Waals surface area contributed by atoms with Crippen molar-refractivity contribution in [2.75, 3.05) is 19.5 Å². The van der Waals surface area contributed by atoms with Crippen molar-refractivity contribution in [3.05, 3.63) is 48.0 Å². The van der Waals surface area contributed by atoms with E-state index in [4.69, 9.17) is 20.3 Å². The zero-order valence-corrected chi connectivity index (χ0v) is 10.8. The van der Waals surface area contributed by atoms with Gasteiger partial charge in [0.2, 0.25) is 0 Å². The molecule has 0 spiro atoms. The number of benzene rings is 2. The van der Waals surface area contributed by atoms with Crippen molar-refractivity contribution in [3.63, 3.8) is 0 Å². The third-order valence-corrected chi connectivity index (χ3v) is 2.79. The Morgan fingerprint density at radius 3 is 2.63 bits per heavy atom. The molecule has 0 atom stereocenters. The molecule has 2 aromatic carbocycles. The molecule has 4 heteroatoms. The van der Waals surface area contributed by atoms with Gasteiger partial charge in [0.25, 0.3) is 0 Å². The van der Waals surface area contributed by atoms with Gasteiger partial charge >= 0.3 is 0 Å². The minimum Gasteiger partial charge on any atom is -0.497 e. The first-order chi connectivity index (χ1) is 9.24. The lowest BCUT2D eigenvalue weighted by Crippen LogP contribution is -1.97. The zero-order chi connectivity index (χ0) is 13.7. The smallest absolute Gasteiger partial charge is 0.154 e. The first-order valence-electron chi connectivity index (χ1n) is 6.04. The Morgan fingerprint density at radius 2 is 1.89 bits per heavy atom. The first kappa shape index (κ1) is 13.2. The van der Waals surface area contributed by atoms with Crippen LogP contribution in [0.15, 0.2) is 42.5 Å². The van der Waals surface area contributed by atoms with Crippen molar-refractivity contribution in [2.24, 2.45) is 0 Å². The average Bonchev–Trinajstić information content (AvgIpc) is 2.43. The number of nitrogens with two attached hydrogens (primary N) is 1. The lowest BCUT2D eigenvalue weighted by molar-refractivity contribution is 0.298. The molecule has 0 saturated carbocycles. The second-order valence-electron chi connectivity index (χ2n) is 4.09. The molecule has 2 rings (SSSR count). The van der Waals surface area contributed by atoms with Crippen LogP contribution in [0, 0.1) is 0 Å². The van der Waals surface area contributed by atoms with Gasteiger partial charge in [0.15, 0.2) is 5.75 Å². The van der Waals surface area contributed by atoms with Crippen molar-refractivity contribution in [1.29, 1.82) is 0 Å². The van der Waals surface area contributed by atoms with E-state index in [0.717, 1.165) is 5.56 Å². The SMILES string of the molecule is COc1ccc(N)c(Oc2ccccc2CCO)c1. The van der Waals surface area contributed by atoms with E-state index in [1.54, 1.807) is 25.3 Å². The number of hydrogen-bond acceptors (Lipinski definition) is 4. The number of aliphatic hydroxyl groups is 1. The van der Waals surface area contributed by atoms with Crippen LogP contribution >= 0.6 is 0 Å². The maximum atomic E-state index is 9.05. The van der Waals surface area contributed by atoms with E-state index in [9.17, 15) is 0 Å². The van der Waals surface area contributed by atoms with Crippen molar-refractivity contribution >= 4 is 5.69 Å². The summed E-state index contributed by atoms with van der Waals surface area (Å²) in [5.74, 6) is 1.92. The predicted octanol–water partition coefficient (Wildman–Crippen LogP) is 2.60. The summed E-state index contributed by atoms with van der Waals surface area (Å²) in [4.78, 5) is 0. The molecule has 0 amide bonds. The molecule has 0 aliphatic rings. The van der Waals surface area contributed by atoms with Crippen LogP contribution < -0.4 is 15.2 Å². The summed E-state index contributed by atoms with van der Waals surface area (Å²) in [5.41, 5.74) is 7.36. The van der Waals surface area contributed by atoms with Crippen LogP contribution in [-0.2, 0) is 6.42 Å². The fourth-order valence-corrected chi connectivity index (χ4v) is 1.78. The summed E-state index contributed by atoms with van der Waals surface area (Å²) in [6, 6.07) is 12.8. The largest absolute Gasteiger partial charge is 0.497 e. The Bertz CT molecular complexity index is 555. The van der Waals surface area contributed by atoms with Crippen LogP contribution in [0.4, 0.5) is 5.69 Å². The molecule has 0 saturated heterocycles. The van der Waals surface area contributed by atoms with E-state index in [1.165, 1.54) is 0 Å². The van der Waals surface area contributed by atoms with Gasteiger partial charge in [0, 0.05) is 12.7 Å². The number of aliphatic hydroxyl groups excluding tert-OH is 1. The standard InChI is InChI=1S/C15H17NO3/c1-18-12-6-7-13(16)15(10-12)19-14-5-3-2-4-11(14)8-9-17/h2-7,10,17H,8-9,16H2,1H3. The second kappa shape index (κ2) is 6.11. The molecular formula is C15H17NO3. The van der Waals surface area contributed by atoms with Gasteiger partial charge in [-0.1, -0.05) is 18.2 Å². The number of para-hydroxylation sites is 1. The molecule has 0 radical (unpaired) electrons. The number of methoxy groups -OCH3 is 1. The molecule has 0 heterocycles. The Kier molecular flexibility index (Phi) is 4.26. The molecule has 0 bridgehead atoms. The lowest BCUT2D eigenvalue weighted by atomic mass is 10.1. The van der Waals surface area contributed by atoms with E-state index >= 15 is 0 Å². The summed E-state index contributed by atoms with van der Waals surface area (Å²) < 4.78 is 11.0. The molecule has 100 valence electrons. The van der Waals surface area contributed by atoms with E-state index in [-0.39, 0.29) is 6.61 Å². The Labute approximate surface area is 112 Å². The number of nitrogen functional groups attached to an aromatic ring is 1. The normalized spacial score (nSPS) is 10.2. The van der Waals surface area contributed by atoms with Gasteiger partial charge < -0.3 is 20.3 Å². The predicted molar refractivity (Wildman–Crippen MR) is 74.7 cm³/mol. The Morgan fingerprint density at radius 1 is 1.11 bits per heavy atom. The van der Waals surface area contributed by atoms with Gasteiger partial charge in [-0.25, -0.2) is 0 Å². The van der Waals surface area contributed by atoms with Crippen LogP contribution in [0.5, 0.6) is 17.2 Å². The van der Waals surface area contributed by atoms with E-state index in [0.29, 0.717) is 29.4 Å². The molecule has 0 aromatic heterocycles. The summed E-state index contributed by atoms with van der Waals surface area (Å²) in [7, 11) is 1.59. The quantitative estimate of drug-likeness (QED) is 0.810. The van der Waals surface area contributed by atoms with Gasteiger partial charge in [-0.05, 0) is 30.2 Å². The number of anilines is 1. The monoisotopic (exact) mass is 259 g/mol. The van der Waals surface area contributed by atoms with Gasteiger partial charge in [-0.2, -0.15) is 0 Å². The zero-order valence-electron chi connectivity index (χ0n) is 10.8. The van der Waals surface area contributed by atoms with Crippen molar-refractivity contribution in [3.8, 4) is 17.2 Å². The minimum atomic E-state index is 0.0773. The molecule has 3 N–H and O–H groups in total. The van der Waals surface area contributed by atoms with Crippen LogP contribution in [0.1, 0.15) is 5.56 Å². The van der Waals surface area contributed by atoms with E-state index in [1.807, 2.05) is 24.3 Å². The lowest BCUT2D eigenvalue weighted by Gasteiger charge is -2.13. The molecule has 0 fully saturated rings. The average molecular weight is 259 g/mol. The van der Waals surface area contributed by atoms with Gasteiger partial charge in [-0.15, -0.1) is 0 Å². The molecule has 0 unspecified atom stereocenters. The summed E-state index contributed by atoms with van der Waals surface area (Å²) in [5, 5.41) is 9.05. The topological polar surface area (TPSA) is 64.7 Å². The molecule has 4 nitrogen and oxygen atoms in total. The fourth-order valence-electron chi connectivity index (χ4n) is 1.78. The maximum absolute atomic E-state index is 9.05. The van der Waals surface area contributed by atoms with E-state index < -0.39 is 0 Å². The van der Waals surface area contributed by atoms with Gasteiger partial charge in [-0.3, -0.25) is 0 Å². The van der Waals surface area contributed by atoms with Crippen LogP contribution in [-0.4, -0.2) is 18.8 Å². The first-order valence-corrected chi connectivity index (χ1v) is 6.04. The molecule has 0 aliphatic heterocycles. The third-order valence-electron chi connectivity index (χ3n) is 2.79. The molecule has 19 heavy (non-hydrogen) atoms. The van der Waals surface area contributed by atoms with Crippen molar-refractivity contribution < 1.29 is 14.6 Å². The minimum absolute atomic E-state index is 0.0773. The molecule has 2 aromatic rings. The summed E-state index contributed by atoms with van der Waals surface area (Å²) >= 11 is 0. The third kappa shape index (κ3) is 3.17. The van der Waals surface area contributed by atoms with Gasteiger partial charge in [0.1, 0.15) is 11.5 Å². The molecular weight excluding hydrogens is 242 g/mol. The fraction of sp³-hybridized carbons (Fsp3) is 0.200. The maximum Gasteiger partial charge on any atom is 0.154 e. The number of rotatable bonds is 5. The van der Waals surface area contributed by atoms with Crippen LogP contribution in [0.25, 0.3) is 0 Å². The highest BCUT2D eigenvalue weighted by Crippen LogP contribution is 2.32. The van der Waals surface area contributed by atoms with Crippen molar-refractivity contribution in [2.45, 2.75) is 6.42 Å². The summed E-state index contributed by atoms with van der Waals surface area (Å²) in [6.45, 7) is 0.0773. The second-order valence-corrected chi connectivity index (χ2v) is 4.09. The van der Waals surface area contributed by atoms with Gasteiger partial charge in [0.05, 0.1) is 12.8 Å². The summed E-state index contributed by atoms with van der Waals surface area (Å²) in [6.07, 6.45) is 0.542. The highest BCUT2D eigenvalue weighted by atomic mass is 16.5. The highest BCUT2D eigenvalue weighted by molar-refractivity contribution is 5.57. The van der Waals surface area contributed by atoms with Crippen LogP contribution in [0.3, 0.4) is 0 Å². The Hall–Kier alpha value is -2.20. The molecule has 0 aliphatic carbocycles. The Balaban J connectivity index is 2.30. The van der Waals surface area contributed by atoms with E-state index in [2.05, 4.69) is 0 Å². The number of hydrogen-bond donors (Lipinski definition) is 2.